The largest absolute Gasteiger partial charge is 0.463 e. The zero-order valence-electron chi connectivity index (χ0n) is 17.2. The van der Waals surface area contributed by atoms with Crippen LogP contribution in [0.4, 0.5) is 0 Å². The van der Waals surface area contributed by atoms with Gasteiger partial charge in [-0.05, 0) is 43.7 Å². The molecule has 3 rings (SSSR count). The first kappa shape index (κ1) is 22.0. The van der Waals surface area contributed by atoms with Crippen molar-refractivity contribution < 1.29 is 19.1 Å². The Balaban J connectivity index is 2.03. The molecule has 0 aromatic heterocycles. The van der Waals surface area contributed by atoms with E-state index in [0.717, 1.165) is 5.56 Å². The molecule has 0 radical (unpaired) electrons. The lowest BCUT2D eigenvalue weighted by Gasteiger charge is -2.42. The average Bonchev–Trinajstić information content (AvgIpc) is 2.75. The van der Waals surface area contributed by atoms with Crippen LogP contribution in [0, 0.1) is 0 Å². The van der Waals surface area contributed by atoms with Crippen molar-refractivity contribution in [2.45, 2.75) is 26.2 Å². The Bertz CT molecular complexity index is 928. The maximum absolute atomic E-state index is 13.0. The molecule has 0 saturated heterocycles. The number of rotatable bonds is 7. The summed E-state index contributed by atoms with van der Waals surface area (Å²) in [6, 6.07) is 15.8. The molecule has 30 heavy (non-hydrogen) atoms. The number of esters is 1. The smallest absolute Gasteiger partial charge is 0.337 e. The topological polar surface area (TPSA) is 67.9 Å². The van der Waals surface area contributed by atoms with Crippen LogP contribution in [-0.4, -0.2) is 43.3 Å². The van der Waals surface area contributed by atoms with Crippen LogP contribution in [0.25, 0.3) is 0 Å². The highest BCUT2D eigenvalue weighted by molar-refractivity contribution is 6.30. The molecule has 7 heteroatoms. The van der Waals surface area contributed by atoms with Gasteiger partial charge >= 0.3 is 5.97 Å². The summed E-state index contributed by atoms with van der Waals surface area (Å²) in [5.74, 6) is -0.533. The van der Waals surface area contributed by atoms with Crippen molar-refractivity contribution in [2.75, 3.05) is 20.3 Å². The second kappa shape index (κ2) is 9.89. The SMILES string of the molecule is CCOC(=O)C1=C(C)NC(OC)N(CC(=O)c2ccc(Cl)cc2)C1c1ccccc1. The van der Waals surface area contributed by atoms with E-state index >= 15 is 0 Å². The predicted molar refractivity (Wildman–Crippen MR) is 115 cm³/mol. The Morgan fingerprint density at radius 3 is 2.37 bits per heavy atom. The molecule has 2 unspecified atom stereocenters. The molecule has 0 bridgehead atoms. The number of methoxy groups -OCH3 is 1. The minimum atomic E-state index is -0.593. The van der Waals surface area contributed by atoms with Crippen molar-refractivity contribution in [3.63, 3.8) is 0 Å². The summed E-state index contributed by atoms with van der Waals surface area (Å²) in [5.41, 5.74) is 2.52. The van der Waals surface area contributed by atoms with Gasteiger partial charge in [0.05, 0.1) is 24.8 Å². The summed E-state index contributed by atoms with van der Waals surface area (Å²) in [7, 11) is 1.56. The predicted octanol–water partition coefficient (Wildman–Crippen LogP) is 3.94. The number of benzene rings is 2. The first-order chi connectivity index (χ1) is 14.5. The number of ketones is 1. The minimum Gasteiger partial charge on any atom is -0.463 e. The Kier molecular flexibility index (Phi) is 7.26. The molecule has 1 aliphatic rings. The van der Waals surface area contributed by atoms with E-state index in [9.17, 15) is 9.59 Å². The molecule has 2 atom stereocenters. The van der Waals surface area contributed by atoms with Gasteiger partial charge in [-0.25, -0.2) is 9.69 Å². The van der Waals surface area contributed by atoms with Crippen LogP contribution in [0.2, 0.25) is 5.02 Å². The van der Waals surface area contributed by atoms with Crippen LogP contribution in [0.15, 0.2) is 65.9 Å². The second-order valence-corrected chi connectivity index (χ2v) is 7.34. The Hall–Kier alpha value is -2.67. The molecule has 1 heterocycles. The van der Waals surface area contributed by atoms with E-state index in [1.807, 2.05) is 42.2 Å². The van der Waals surface area contributed by atoms with Crippen LogP contribution < -0.4 is 5.32 Å². The maximum Gasteiger partial charge on any atom is 0.337 e. The third-order valence-corrected chi connectivity index (χ3v) is 5.23. The summed E-state index contributed by atoms with van der Waals surface area (Å²) >= 11 is 5.95. The summed E-state index contributed by atoms with van der Waals surface area (Å²) in [4.78, 5) is 27.7. The molecular weight excluding hydrogens is 404 g/mol. The van der Waals surface area contributed by atoms with Gasteiger partial charge in [0.25, 0.3) is 0 Å². The molecular formula is C23H25ClN2O4. The first-order valence-corrected chi connectivity index (χ1v) is 10.1. The Morgan fingerprint density at radius 1 is 1.10 bits per heavy atom. The van der Waals surface area contributed by atoms with Gasteiger partial charge in [-0.3, -0.25) is 4.79 Å². The quantitative estimate of drug-likeness (QED) is 0.532. The van der Waals surface area contributed by atoms with Crippen molar-refractivity contribution in [2.24, 2.45) is 0 Å². The van der Waals surface area contributed by atoms with E-state index < -0.39 is 18.4 Å². The molecule has 0 amide bonds. The van der Waals surface area contributed by atoms with E-state index in [-0.39, 0.29) is 18.9 Å². The molecule has 0 spiro atoms. The van der Waals surface area contributed by atoms with Gasteiger partial charge in [-0.2, -0.15) is 0 Å². The van der Waals surface area contributed by atoms with Crippen molar-refractivity contribution in [1.82, 2.24) is 10.2 Å². The lowest BCUT2D eigenvalue weighted by molar-refractivity contribution is -0.141. The van der Waals surface area contributed by atoms with Gasteiger partial charge in [0.15, 0.2) is 12.1 Å². The van der Waals surface area contributed by atoms with Crippen molar-refractivity contribution in [3.8, 4) is 0 Å². The number of carbonyl (C=O) groups is 2. The third kappa shape index (κ3) is 4.73. The highest BCUT2D eigenvalue weighted by Gasteiger charge is 2.40. The van der Waals surface area contributed by atoms with Gasteiger partial charge in [0.2, 0.25) is 0 Å². The molecule has 0 fully saturated rings. The fourth-order valence-corrected chi connectivity index (χ4v) is 3.71. The average molecular weight is 429 g/mol. The van der Waals surface area contributed by atoms with Gasteiger partial charge in [0, 0.05) is 23.4 Å². The molecule has 0 saturated carbocycles. The molecule has 2 aromatic rings. The minimum absolute atomic E-state index is 0.0306. The third-order valence-electron chi connectivity index (χ3n) is 4.98. The normalized spacial score (nSPS) is 19.3. The highest BCUT2D eigenvalue weighted by Crippen LogP contribution is 2.36. The van der Waals surface area contributed by atoms with Crippen molar-refractivity contribution in [3.05, 3.63) is 82.0 Å². The van der Waals surface area contributed by atoms with Crippen LogP contribution in [-0.2, 0) is 14.3 Å². The summed E-state index contributed by atoms with van der Waals surface area (Å²) < 4.78 is 10.9. The fraction of sp³-hybridized carbons (Fsp3) is 0.304. The zero-order valence-corrected chi connectivity index (χ0v) is 18.0. The monoisotopic (exact) mass is 428 g/mol. The Morgan fingerprint density at radius 2 is 1.77 bits per heavy atom. The van der Waals surface area contributed by atoms with Crippen molar-refractivity contribution >= 4 is 23.4 Å². The van der Waals surface area contributed by atoms with E-state index in [0.29, 0.717) is 21.9 Å². The second-order valence-electron chi connectivity index (χ2n) is 6.91. The van der Waals surface area contributed by atoms with Crippen molar-refractivity contribution in [1.29, 1.82) is 0 Å². The molecule has 1 N–H and O–H groups in total. The number of allylic oxidation sites excluding steroid dienone is 1. The van der Waals surface area contributed by atoms with Crippen LogP contribution in [0.5, 0.6) is 0 Å². The maximum atomic E-state index is 13.0. The lowest BCUT2D eigenvalue weighted by Crippen LogP contribution is -2.55. The number of ether oxygens (including phenoxy) is 2. The van der Waals surface area contributed by atoms with Crippen LogP contribution >= 0.6 is 11.6 Å². The van der Waals surface area contributed by atoms with E-state index in [4.69, 9.17) is 21.1 Å². The molecule has 0 aliphatic carbocycles. The van der Waals surface area contributed by atoms with Gasteiger partial charge < -0.3 is 14.8 Å². The van der Waals surface area contributed by atoms with E-state index in [2.05, 4.69) is 5.32 Å². The summed E-state index contributed by atoms with van der Waals surface area (Å²) in [5, 5.41) is 3.74. The number of Topliss-reactive ketones (excluding diaryl/α,β-unsaturated/α-hetero) is 1. The van der Waals surface area contributed by atoms with Gasteiger partial charge in [-0.1, -0.05) is 41.9 Å². The zero-order chi connectivity index (χ0) is 21.7. The number of halogens is 1. The van der Waals surface area contributed by atoms with Crippen LogP contribution in [0.1, 0.15) is 35.8 Å². The molecule has 6 nitrogen and oxygen atoms in total. The van der Waals surface area contributed by atoms with E-state index in [1.165, 1.54) is 0 Å². The number of hydrogen-bond acceptors (Lipinski definition) is 6. The number of nitrogens with one attached hydrogen (secondary N) is 1. The summed E-state index contributed by atoms with van der Waals surface area (Å²) in [6.07, 6.45) is -0.593. The number of nitrogens with zero attached hydrogens (tertiary/aromatic N) is 1. The van der Waals surface area contributed by atoms with Gasteiger partial charge in [-0.15, -0.1) is 0 Å². The lowest BCUT2D eigenvalue weighted by atomic mass is 9.93. The fourth-order valence-electron chi connectivity index (χ4n) is 3.58. The molecule has 2 aromatic carbocycles. The van der Waals surface area contributed by atoms with Crippen LogP contribution in [0.3, 0.4) is 0 Å². The highest BCUT2D eigenvalue weighted by atomic mass is 35.5. The standard InChI is InChI=1S/C23H25ClN2O4/c1-4-30-22(28)20-15(2)25-23(29-3)26(21(20)17-8-6-5-7-9-17)14-19(27)16-10-12-18(24)13-11-16/h5-13,21,23,25H,4,14H2,1-3H3. The first-order valence-electron chi connectivity index (χ1n) is 9.73. The Labute approximate surface area is 181 Å². The number of hydrogen-bond donors (Lipinski definition) is 1. The molecule has 158 valence electrons. The molecule has 1 aliphatic heterocycles. The van der Waals surface area contributed by atoms with E-state index in [1.54, 1.807) is 38.3 Å². The van der Waals surface area contributed by atoms with Gasteiger partial charge in [0.1, 0.15) is 0 Å². The number of carbonyl (C=O) groups excluding carboxylic acids is 2. The summed E-state index contributed by atoms with van der Waals surface area (Å²) in [6.45, 7) is 3.87.